The van der Waals surface area contributed by atoms with Crippen LogP contribution in [0.15, 0.2) is 48.9 Å². The number of hydrogen-bond acceptors (Lipinski definition) is 5. The van der Waals surface area contributed by atoms with Gasteiger partial charge in [0.2, 0.25) is 5.88 Å². The highest BCUT2D eigenvalue weighted by atomic mass is 16.5. The fourth-order valence-corrected chi connectivity index (χ4v) is 3.09. The van der Waals surface area contributed by atoms with Crippen molar-refractivity contribution in [2.45, 2.75) is 18.6 Å². The molecule has 3 aromatic rings. The summed E-state index contributed by atoms with van der Waals surface area (Å²) in [7, 11) is 1.92. The average Bonchev–Trinajstić information content (AvgIpc) is 3.04. The predicted molar refractivity (Wildman–Crippen MR) is 96.1 cm³/mol. The molecule has 0 radical (unpaired) electrons. The molecule has 2 atom stereocenters. The second-order valence-corrected chi connectivity index (χ2v) is 6.33. The third kappa shape index (κ3) is 3.39. The number of nitrogens with zero attached hydrogens (tertiary/aromatic N) is 3. The lowest BCUT2D eigenvalue weighted by Crippen LogP contribution is -2.51. The summed E-state index contributed by atoms with van der Waals surface area (Å²) in [4.78, 5) is 21.2. The van der Waals surface area contributed by atoms with Crippen LogP contribution in [0.1, 0.15) is 16.8 Å². The minimum atomic E-state index is -0.238. The SMILES string of the molecule is Cn1cnc2cc(C(=O)N[C@@H]3COCC[C@H]3Oc3ccccn3)ccc21. The summed E-state index contributed by atoms with van der Waals surface area (Å²) in [6.07, 6.45) is 3.93. The molecule has 1 aliphatic heterocycles. The van der Waals surface area contributed by atoms with Crippen molar-refractivity contribution >= 4 is 16.9 Å². The molecule has 7 nitrogen and oxygen atoms in total. The van der Waals surface area contributed by atoms with Gasteiger partial charge in [0.1, 0.15) is 6.10 Å². The van der Waals surface area contributed by atoms with E-state index < -0.39 is 0 Å². The first-order valence-corrected chi connectivity index (χ1v) is 8.58. The van der Waals surface area contributed by atoms with Gasteiger partial charge < -0.3 is 19.4 Å². The number of hydrogen-bond donors (Lipinski definition) is 1. The molecule has 26 heavy (non-hydrogen) atoms. The summed E-state index contributed by atoms with van der Waals surface area (Å²) in [5, 5.41) is 3.03. The quantitative estimate of drug-likeness (QED) is 0.776. The Morgan fingerprint density at radius 2 is 2.23 bits per heavy atom. The summed E-state index contributed by atoms with van der Waals surface area (Å²) < 4.78 is 13.4. The van der Waals surface area contributed by atoms with Crippen molar-refractivity contribution in [2.24, 2.45) is 7.05 Å². The largest absolute Gasteiger partial charge is 0.472 e. The zero-order valence-electron chi connectivity index (χ0n) is 14.5. The maximum Gasteiger partial charge on any atom is 0.251 e. The molecule has 1 amide bonds. The molecule has 2 aromatic heterocycles. The Balaban J connectivity index is 1.48. The normalized spacial score (nSPS) is 20.0. The number of carbonyl (C=O) groups is 1. The molecule has 1 aromatic carbocycles. The van der Waals surface area contributed by atoms with Crippen molar-refractivity contribution in [3.8, 4) is 5.88 Å². The van der Waals surface area contributed by atoms with Crippen molar-refractivity contribution in [1.29, 1.82) is 0 Å². The van der Waals surface area contributed by atoms with Gasteiger partial charge in [0.05, 0.1) is 36.6 Å². The Morgan fingerprint density at radius 3 is 3.08 bits per heavy atom. The van der Waals surface area contributed by atoms with Crippen LogP contribution in [-0.4, -0.2) is 45.8 Å². The average molecular weight is 352 g/mol. The van der Waals surface area contributed by atoms with Crippen LogP contribution < -0.4 is 10.1 Å². The highest BCUT2D eigenvalue weighted by Crippen LogP contribution is 2.18. The van der Waals surface area contributed by atoms with Crippen LogP contribution in [0.25, 0.3) is 11.0 Å². The molecular formula is C19H20N4O3. The summed E-state index contributed by atoms with van der Waals surface area (Å²) in [6.45, 7) is 1.01. The molecule has 7 heteroatoms. The Hall–Kier alpha value is -2.93. The highest BCUT2D eigenvalue weighted by Gasteiger charge is 2.29. The maximum atomic E-state index is 12.7. The number of carbonyl (C=O) groups excluding carboxylic acids is 1. The zero-order chi connectivity index (χ0) is 17.9. The van der Waals surface area contributed by atoms with E-state index in [1.165, 1.54) is 0 Å². The summed E-state index contributed by atoms with van der Waals surface area (Å²) in [5.41, 5.74) is 2.35. The van der Waals surface area contributed by atoms with Gasteiger partial charge in [0.15, 0.2) is 0 Å². The minimum Gasteiger partial charge on any atom is -0.472 e. The van der Waals surface area contributed by atoms with Gasteiger partial charge >= 0.3 is 0 Å². The van der Waals surface area contributed by atoms with E-state index in [4.69, 9.17) is 9.47 Å². The first-order valence-electron chi connectivity index (χ1n) is 8.58. The van der Waals surface area contributed by atoms with E-state index in [1.807, 2.05) is 35.9 Å². The number of fused-ring (bicyclic) bond motifs is 1. The number of ether oxygens (including phenoxy) is 2. The number of pyridine rings is 1. The van der Waals surface area contributed by atoms with Crippen LogP contribution in [0.2, 0.25) is 0 Å². The molecular weight excluding hydrogens is 332 g/mol. The van der Waals surface area contributed by atoms with Crippen molar-refractivity contribution in [1.82, 2.24) is 19.9 Å². The van der Waals surface area contributed by atoms with Crippen LogP contribution >= 0.6 is 0 Å². The maximum absolute atomic E-state index is 12.7. The molecule has 1 fully saturated rings. The van der Waals surface area contributed by atoms with Crippen LogP contribution in [0.3, 0.4) is 0 Å². The van der Waals surface area contributed by atoms with Crippen molar-refractivity contribution in [3.63, 3.8) is 0 Å². The standard InChI is InChI=1S/C19H20N4O3/c1-23-12-21-14-10-13(5-6-16(14)23)19(24)22-15-11-25-9-7-17(15)26-18-4-2-3-8-20-18/h2-6,8,10,12,15,17H,7,9,11H2,1H3,(H,22,24)/t15-,17-/m1/s1. The van der Waals surface area contributed by atoms with E-state index in [9.17, 15) is 4.79 Å². The molecule has 134 valence electrons. The van der Waals surface area contributed by atoms with E-state index in [1.54, 1.807) is 24.7 Å². The van der Waals surface area contributed by atoms with Gasteiger partial charge in [0, 0.05) is 31.3 Å². The van der Waals surface area contributed by atoms with E-state index >= 15 is 0 Å². The molecule has 0 spiro atoms. The van der Waals surface area contributed by atoms with Gasteiger partial charge in [-0.3, -0.25) is 4.79 Å². The number of aryl methyl sites for hydroxylation is 1. The molecule has 3 heterocycles. The van der Waals surface area contributed by atoms with Crippen molar-refractivity contribution < 1.29 is 14.3 Å². The minimum absolute atomic E-state index is 0.164. The third-order valence-corrected chi connectivity index (χ3v) is 4.51. The number of benzene rings is 1. The molecule has 1 aliphatic rings. The fraction of sp³-hybridized carbons (Fsp3) is 0.316. The molecule has 0 bridgehead atoms. The van der Waals surface area contributed by atoms with Crippen molar-refractivity contribution in [2.75, 3.05) is 13.2 Å². The monoisotopic (exact) mass is 352 g/mol. The Bertz CT molecular complexity index is 910. The van der Waals surface area contributed by atoms with Crippen LogP contribution in [0.4, 0.5) is 0 Å². The smallest absolute Gasteiger partial charge is 0.251 e. The summed E-state index contributed by atoms with van der Waals surface area (Å²) >= 11 is 0. The first-order chi connectivity index (χ1) is 12.7. The van der Waals surface area contributed by atoms with Gasteiger partial charge in [-0.05, 0) is 24.3 Å². The molecule has 0 unspecified atom stereocenters. The van der Waals surface area contributed by atoms with Gasteiger partial charge in [-0.15, -0.1) is 0 Å². The zero-order valence-corrected chi connectivity index (χ0v) is 14.5. The topological polar surface area (TPSA) is 78.3 Å². The lowest BCUT2D eigenvalue weighted by molar-refractivity contribution is -0.00448. The highest BCUT2D eigenvalue weighted by molar-refractivity contribution is 5.97. The Morgan fingerprint density at radius 1 is 1.31 bits per heavy atom. The predicted octanol–water partition coefficient (Wildman–Crippen LogP) is 1.93. The van der Waals surface area contributed by atoms with Crippen LogP contribution in [0.5, 0.6) is 5.88 Å². The van der Waals surface area contributed by atoms with Gasteiger partial charge in [0.25, 0.3) is 5.91 Å². The summed E-state index contributed by atoms with van der Waals surface area (Å²) in [6, 6.07) is 10.8. The molecule has 4 rings (SSSR count). The third-order valence-electron chi connectivity index (χ3n) is 4.51. The number of amides is 1. The molecule has 0 saturated carbocycles. The second-order valence-electron chi connectivity index (χ2n) is 6.33. The lowest BCUT2D eigenvalue weighted by atomic mass is 10.1. The molecule has 1 N–H and O–H groups in total. The van der Waals surface area contributed by atoms with E-state index in [0.717, 1.165) is 11.0 Å². The van der Waals surface area contributed by atoms with E-state index in [2.05, 4.69) is 15.3 Å². The second kappa shape index (κ2) is 7.13. The summed E-state index contributed by atoms with van der Waals surface area (Å²) in [5.74, 6) is 0.385. The Kier molecular flexibility index (Phi) is 4.53. The Labute approximate surface area is 151 Å². The number of imidazole rings is 1. The number of nitrogens with one attached hydrogen (secondary N) is 1. The van der Waals surface area contributed by atoms with Crippen LogP contribution in [-0.2, 0) is 11.8 Å². The van der Waals surface area contributed by atoms with Gasteiger partial charge in [-0.25, -0.2) is 9.97 Å². The van der Waals surface area contributed by atoms with Gasteiger partial charge in [-0.2, -0.15) is 0 Å². The van der Waals surface area contributed by atoms with E-state index in [0.29, 0.717) is 31.1 Å². The fourth-order valence-electron chi connectivity index (χ4n) is 3.09. The van der Waals surface area contributed by atoms with Crippen molar-refractivity contribution in [3.05, 3.63) is 54.5 Å². The van der Waals surface area contributed by atoms with E-state index in [-0.39, 0.29) is 18.1 Å². The number of rotatable bonds is 4. The molecule has 0 aliphatic carbocycles. The molecule has 1 saturated heterocycles. The lowest BCUT2D eigenvalue weighted by Gasteiger charge is -2.32. The number of aromatic nitrogens is 3. The first kappa shape index (κ1) is 16.5. The van der Waals surface area contributed by atoms with Crippen LogP contribution in [0, 0.1) is 0 Å². The van der Waals surface area contributed by atoms with Gasteiger partial charge in [-0.1, -0.05) is 6.07 Å².